The fraction of sp³-hybridized carbons (Fsp3) is 0.722. The summed E-state index contributed by atoms with van der Waals surface area (Å²) in [6.45, 7) is 11.6. The van der Waals surface area contributed by atoms with Gasteiger partial charge >= 0.3 is 0 Å². The molecule has 136 valence electrons. The molecule has 0 radical (unpaired) electrons. The lowest BCUT2D eigenvalue weighted by atomic mass is 10.1. The zero-order chi connectivity index (χ0) is 17.2. The highest BCUT2D eigenvalue weighted by atomic mass is 16.5. The Balaban J connectivity index is 1.64. The first-order valence-corrected chi connectivity index (χ1v) is 8.92. The van der Waals surface area contributed by atoms with Crippen LogP contribution in [0.15, 0.2) is 15.5 Å². The van der Waals surface area contributed by atoms with Gasteiger partial charge in [-0.05, 0) is 39.7 Å². The summed E-state index contributed by atoms with van der Waals surface area (Å²) in [6, 6.07) is 2.04. The fourth-order valence-corrected chi connectivity index (χ4v) is 2.69. The second-order valence-corrected chi connectivity index (χ2v) is 6.22. The van der Waals surface area contributed by atoms with Gasteiger partial charge in [-0.15, -0.1) is 0 Å². The molecule has 1 unspecified atom stereocenters. The molecule has 1 atom stereocenters. The predicted molar refractivity (Wildman–Crippen MR) is 95.4 cm³/mol. The normalized spacial score (nSPS) is 18.1. The van der Waals surface area contributed by atoms with Gasteiger partial charge in [0.05, 0.1) is 19.8 Å². The predicted octanol–water partition coefficient (Wildman–Crippen LogP) is 2.39. The summed E-state index contributed by atoms with van der Waals surface area (Å²) < 4.78 is 16.6. The highest BCUT2D eigenvalue weighted by Crippen LogP contribution is 2.14. The Labute approximate surface area is 145 Å². The molecule has 0 spiro atoms. The molecule has 0 saturated carbocycles. The van der Waals surface area contributed by atoms with Crippen molar-refractivity contribution < 1.29 is 13.9 Å². The first-order chi connectivity index (χ1) is 11.7. The second kappa shape index (κ2) is 10.4. The molecule has 1 aliphatic heterocycles. The number of rotatable bonds is 9. The molecule has 2 heterocycles. The molecule has 1 aromatic heterocycles. The molecule has 1 saturated heterocycles. The first kappa shape index (κ1) is 18.8. The van der Waals surface area contributed by atoms with Crippen molar-refractivity contribution in [3.8, 4) is 0 Å². The van der Waals surface area contributed by atoms with Gasteiger partial charge in [-0.25, -0.2) is 4.99 Å². The van der Waals surface area contributed by atoms with E-state index in [2.05, 4.69) is 22.5 Å². The van der Waals surface area contributed by atoms with Gasteiger partial charge in [0.1, 0.15) is 11.5 Å². The van der Waals surface area contributed by atoms with Gasteiger partial charge in [-0.3, -0.25) is 0 Å². The van der Waals surface area contributed by atoms with Crippen LogP contribution in [-0.2, 0) is 16.0 Å². The molecular formula is C18H31N3O3. The molecule has 6 heteroatoms. The third kappa shape index (κ3) is 6.53. The quantitative estimate of drug-likeness (QED) is 0.411. The smallest absolute Gasteiger partial charge is 0.191 e. The van der Waals surface area contributed by atoms with Crippen LogP contribution in [0.2, 0.25) is 0 Å². The Bertz CT molecular complexity index is 508. The Hall–Kier alpha value is -1.53. The van der Waals surface area contributed by atoms with Crippen molar-refractivity contribution in [1.82, 2.24) is 10.6 Å². The number of hydrogen-bond donors (Lipinski definition) is 2. The first-order valence-electron chi connectivity index (χ1n) is 8.92. The SMILES string of the molecule is CCNC(=NCc1cc(C)oc1C)NCCCOCC1CCOC1. The van der Waals surface area contributed by atoms with Crippen molar-refractivity contribution >= 4 is 5.96 Å². The maximum Gasteiger partial charge on any atom is 0.191 e. The van der Waals surface area contributed by atoms with Crippen molar-refractivity contribution in [2.24, 2.45) is 10.9 Å². The van der Waals surface area contributed by atoms with Crippen molar-refractivity contribution in [1.29, 1.82) is 0 Å². The van der Waals surface area contributed by atoms with Crippen LogP contribution in [0, 0.1) is 19.8 Å². The minimum absolute atomic E-state index is 0.582. The van der Waals surface area contributed by atoms with Crippen LogP contribution in [0.1, 0.15) is 36.8 Å². The summed E-state index contributed by atoms with van der Waals surface area (Å²) >= 11 is 0. The lowest BCUT2D eigenvalue weighted by molar-refractivity contribution is 0.0888. The van der Waals surface area contributed by atoms with Crippen LogP contribution in [0.3, 0.4) is 0 Å². The molecular weight excluding hydrogens is 306 g/mol. The van der Waals surface area contributed by atoms with Crippen molar-refractivity contribution in [2.45, 2.75) is 40.2 Å². The van der Waals surface area contributed by atoms with Crippen LogP contribution in [0.4, 0.5) is 0 Å². The molecule has 2 N–H and O–H groups in total. The maximum absolute atomic E-state index is 5.71. The van der Waals surface area contributed by atoms with Crippen LogP contribution < -0.4 is 10.6 Å². The second-order valence-electron chi connectivity index (χ2n) is 6.22. The van der Waals surface area contributed by atoms with E-state index in [4.69, 9.17) is 13.9 Å². The number of nitrogens with one attached hydrogen (secondary N) is 2. The zero-order valence-corrected chi connectivity index (χ0v) is 15.2. The molecule has 24 heavy (non-hydrogen) atoms. The Morgan fingerprint density at radius 2 is 2.25 bits per heavy atom. The number of hydrogen-bond acceptors (Lipinski definition) is 4. The number of guanidine groups is 1. The third-order valence-electron chi connectivity index (χ3n) is 4.03. The average Bonchev–Trinajstić information content (AvgIpc) is 3.17. The Morgan fingerprint density at radius 3 is 2.92 bits per heavy atom. The number of furan rings is 1. The number of aliphatic imine (C=N–C) groups is 1. The summed E-state index contributed by atoms with van der Waals surface area (Å²) in [4.78, 5) is 4.62. The minimum atomic E-state index is 0.582. The molecule has 1 fully saturated rings. The molecule has 1 aliphatic rings. The van der Waals surface area contributed by atoms with Gasteiger partial charge in [-0.2, -0.15) is 0 Å². The van der Waals surface area contributed by atoms with E-state index in [1.807, 2.05) is 19.9 Å². The average molecular weight is 337 g/mol. The Morgan fingerprint density at radius 1 is 1.38 bits per heavy atom. The monoisotopic (exact) mass is 337 g/mol. The number of ether oxygens (including phenoxy) is 2. The van der Waals surface area contributed by atoms with E-state index < -0.39 is 0 Å². The van der Waals surface area contributed by atoms with Gasteiger partial charge in [0, 0.05) is 37.8 Å². The van der Waals surface area contributed by atoms with E-state index in [9.17, 15) is 0 Å². The van der Waals surface area contributed by atoms with Crippen LogP contribution in [0.5, 0.6) is 0 Å². The molecule has 2 rings (SSSR count). The summed E-state index contributed by atoms with van der Waals surface area (Å²) in [7, 11) is 0. The lowest BCUT2D eigenvalue weighted by Crippen LogP contribution is -2.38. The number of nitrogens with zero attached hydrogens (tertiary/aromatic N) is 1. The number of aryl methyl sites for hydroxylation is 2. The van der Waals surface area contributed by atoms with Crippen molar-refractivity contribution in [3.05, 3.63) is 23.2 Å². The summed E-state index contributed by atoms with van der Waals surface area (Å²) in [5, 5.41) is 6.61. The molecule has 0 bridgehead atoms. The van der Waals surface area contributed by atoms with Crippen LogP contribution in [-0.4, -0.2) is 45.5 Å². The lowest BCUT2D eigenvalue weighted by Gasteiger charge is -2.12. The van der Waals surface area contributed by atoms with Gasteiger partial charge in [0.2, 0.25) is 0 Å². The highest BCUT2D eigenvalue weighted by Gasteiger charge is 2.15. The maximum atomic E-state index is 5.71. The van der Waals surface area contributed by atoms with Crippen LogP contribution in [0.25, 0.3) is 0 Å². The van der Waals surface area contributed by atoms with E-state index in [-0.39, 0.29) is 0 Å². The summed E-state index contributed by atoms with van der Waals surface area (Å²) in [6.07, 6.45) is 2.09. The van der Waals surface area contributed by atoms with Gasteiger partial charge in [0.15, 0.2) is 5.96 Å². The van der Waals surface area contributed by atoms with Crippen molar-refractivity contribution in [2.75, 3.05) is 39.5 Å². The summed E-state index contributed by atoms with van der Waals surface area (Å²) in [5.74, 6) is 3.29. The minimum Gasteiger partial charge on any atom is -0.466 e. The third-order valence-corrected chi connectivity index (χ3v) is 4.03. The largest absolute Gasteiger partial charge is 0.466 e. The van der Waals surface area contributed by atoms with E-state index in [1.54, 1.807) is 0 Å². The molecule has 6 nitrogen and oxygen atoms in total. The van der Waals surface area contributed by atoms with Crippen molar-refractivity contribution in [3.63, 3.8) is 0 Å². The fourth-order valence-electron chi connectivity index (χ4n) is 2.69. The van der Waals surface area contributed by atoms with E-state index in [0.29, 0.717) is 12.5 Å². The molecule has 0 aliphatic carbocycles. The topological polar surface area (TPSA) is 68.0 Å². The summed E-state index contributed by atoms with van der Waals surface area (Å²) in [5.41, 5.74) is 1.13. The molecule has 0 amide bonds. The van der Waals surface area contributed by atoms with E-state index >= 15 is 0 Å². The highest BCUT2D eigenvalue weighted by molar-refractivity contribution is 5.79. The Kier molecular flexibility index (Phi) is 8.12. The molecule has 0 aromatic carbocycles. The van der Waals surface area contributed by atoms with Gasteiger partial charge in [-0.1, -0.05) is 0 Å². The van der Waals surface area contributed by atoms with E-state index in [1.165, 1.54) is 0 Å². The zero-order valence-electron chi connectivity index (χ0n) is 15.2. The van der Waals surface area contributed by atoms with Gasteiger partial charge in [0.25, 0.3) is 0 Å². The standard InChI is InChI=1S/C18H31N3O3/c1-4-19-18(21-11-17-10-14(2)24-15(17)3)20-7-5-8-22-12-16-6-9-23-13-16/h10,16H,4-9,11-13H2,1-3H3,(H2,19,20,21). The molecule has 1 aromatic rings. The van der Waals surface area contributed by atoms with Gasteiger partial charge < -0.3 is 24.5 Å². The van der Waals surface area contributed by atoms with Crippen LogP contribution >= 0.6 is 0 Å². The van der Waals surface area contributed by atoms with E-state index in [0.717, 1.165) is 75.4 Å².